The molecule has 1 unspecified atom stereocenters. The second-order valence-electron chi connectivity index (χ2n) is 4.80. The average Bonchev–Trinajstić information content (AvgIpc) is 2.46. The third-order valence-corrected chi connectivity index (χ3v) is 3.51. The third kappa shape index (κ3) is 3.12. The van der Waals surface area contributed by atoms with Gasteiger partial charge in [0.1, 0.15) is 0 Å². The number of benzene rings is 1. The molecule has 0 amide bonds. The van der Waals surface area contributed by atoms with E-state index in [1.54, 1.807) is 12.1 Å². The molecule has 0 radical (unpaired) electrons. The fourth-order valence-corrected chi connectivity index (χ4v) is 2.39. The Bertz CT molecular complexity index is 470. The highest BCUT2D eigenvalue weighted by molar-refractivity contribution is 5.97. The van der Waals surface area contributed by atoms with Crippen molar-refractivity contribution in [3.8, 4) is 0 Å². The molecule has 1 aliphatic rings. The molecule has 0 bridgehead atoms. The number of Topliss-reactive ketones (excluding diaryl/α,β-unsaturated/α-hetero) is 1. The Morgan fingerprint density at radius 3 is 2.58 bits per heavy atom. The van der Waals surface area contributed by atoms with E-state index in [0.29, 0.717) is 12.1 Å². The van der Waals surface area contributed by atoms with Gasteiger partial charge in [0.25, 0.3) is 0 Å². The molecule has 0 aromatic heterocycles. The van der Waals surface area contributed by atoms with Crippen molar-refractivity contribution in [1.82, 2.24) is 0 Å². The highest BCUT2D eigenvalue weighted by Crippen LogP contribution is 2.23. The van der Waals surface area contributed by atoms with E-state index in [0.717, 1.165) is 25.1 Å². The lowest BCUT2D eigenvalue weighted by molar-refractivity contribution is -0.141. The molecular formula is C14H18N2O3. The summed E-state index contributed by atoms with van der Waals surface area (Å²) in [5.74, 6) is -1.13. The highest BCUT2D eigenvalue weighted by atomic mass is 16.4. The second kappa shape index (κ2) is 5.84. The van der Waals surface area contributed by atoms with Crippen LogP contribution in [0.1, 0.15) is 23.2 Å². The zero-order valence-electron chi connectivity index (χ0n) is 10.7. The summed E-state index contributed by atoms with van der Waals surface area (Å²) in [6.07, 6.45) is 1.61. The minimum atomic E-state index is -0.736. The van der Waals surface area contributed by atoms with Gasteiger partial charge in [-0.25, -0.2) is 0 Å². The van der Waals surface area contributed by atoms with Crippen molar-refractivity contribution in [2.45, 2.75) is 12.8 Å². The molecule has 0 spiro atoms. The van der Waals surface area contributed by atoms with Crippen LogP contribution in [0.3, 0.4) is 0 Å². The van der Waals surface area contributed by atoms with Crippen LogP contribution in [0.2, 0.25) is 0 Å². The summed E-state index contributed by atoms with van der Waals surface area (Å²) < 4.78 is 0. The Morgan fingerprint density at radius 1 is 1.32 bits per heavy atom. The van der Waals surface area contributed by atoms with Crippen LogP contribution in [-0.2, 0) is 4.79 Å². The summed E-state index contributed by atoms with van der Waals surface area (Å²) in [6, 6.07) is 7.20. The van der Waals surface area contributed by atoms with Gasteiger partial charge in [0.2, 0.25) is 0 Å². The Labute approximate surface area is 112 Å². The second-order valence-corrected chi connectivity index (χ2v) is 4.80. The molecule has 0 aliphatic carbocycles. The molecule has 0 saturated carbocycles. The van der Waals surface area contributed by atoms with Crippen LogP contribution in [0.15, 0.2) is 24.3 Å². The van der Waals surface area contributed by atoms with Gasteiger partial charge in [-0.3, -0.25) is 9.59 Å². The molecule has 19 heavy (non-hydrogen) atoms. The lowest BCUT2D eigenvalue weighted by atomic mass is 9.97. The minimum Gasteiger partial charge on any atom is -0.481 e. The van der Waals surface area contributed by atoms with Crippen LogP contribution in [0.4, 0.5) is 5.69 Å². The van der Waals surface area contributed by atoms with E-state index in [1.807, 2.05) is 12.1 Å². The maximum Gasteiger partial charge on any atom is 0.308 e. The first-order valence-corrected chi connectivity index (χ1v) is 6.43. The maximum absolute atomic E-state index is 11.4. The molecule has 5 heteroatoms. The van der Waals surface area contributed by atoms with Crippen LogP contribution < -0.4 is 10.6 Å². The van der Waals surface area contributed by atoms with Gasteiger partial charge in [0.05, 0.1) is 12.5 Å². The number of ketones is 1. The van der Waals surface area contributed by atoms with Crippen molar-refractivity contribution in [3.05, 3.63) is 29.8 Å². The van der Waals surface area contributed by atoms with Crippen molar-refractivity contribution in [3.63, 3.8) is 0 Å². The zero-order valence-corrected chi connectivity index (χ0v) is 10.7. The van der Waals surface area contributed by atoms with Crippen LogP contribution in [0, 0.1) is 5.92 Å². The van der Waals surface area contributed by atoms with Crippen molar-refractivity contribution in [2.75, 3.05) is 24.5 Å². The van der Waals surface area contributed by atoms with Gasteiger partial charge in [0, 0.05) is 24.3 Å². The molecule has 1 aliphatic heterocycles. The van der Waals surface area contributed by atoms with E-state index in [-0.39, 0.29) is 18.2 Å². The van der Waals surface area contributed by atoms with Gasteiger partial charge in [-0.15, -0.1) is 0 Å². The third-order valence-electron chi connectivity index (χ3n) is 3.51. The number of carbonyl (C=O) groups is 2. The summed E-state index contributed by atoms with van der Waals surface area (Å²) >= 11 is 0. The molecular weight excluding hydrogens is 244 g/mol. The Kier molecular flexibility index (Phi) is 4.16. The van der Waals surface area contributed by atoms with E-state index in [1.165, 1.54) is 0 Å². The van der Waals surface area contributed by atoms with Gasteiger partial charge in [-0.2, -0.15) is 0 Å². The molecule has 1 aromatic rings. The number of nitrogens with two attached hydrogens (primary N) is 1. The summed E-state index contributed by atoms with van der Waals surface area (Å²) in [5, 5.41) is 9.07. The SMILES string of the molecule is NCC(=O)c1ccc(N2CCCC(C(=O)O)C2)cc1. The quantitative estimate of drug-likeness (QED) is 0.795. The molecule has 1 atom stereocenters. The van der Waals surface area contributed by atoms with Crippen LogP contribution in [-0.4, -0.2) is 36.5 Å². The number of hydrogen-bond donors (Lipinski definition) is 2. The summed E-state index contributed by atoms with van der Waals surface area (Å²) in [6.45, 7) is 1.39. The molecule has 1 saturated heterocycles. The fraction of sp³-hybridized carbons (Fsp3) is 0.429. The van der Waals surface area contributed by atoms with Crippen molar-refractivity contribution in [2.24, 2.45) is 11.7 Å². The number of carboxylic acid groups (broad SMARTS) is 1. The number of carbonyl (C=O) groups excluding carboxylic acids is 1. The smallest absolute Gasteiger partial charge is 0.308 e. The fourth-order valence-electron chi connectivity index (χ4n) is 2.39. The Hall–Kier alpha value is -1.88. The van der Waals surface area contributed by atoms with Gasteiger partial charge in [-0.05, 0) is 37.1 Å². The Balaban J connectivity index is 2.09. The number of aliphatic carboxylic acids is 1. The van der Waals surface area contributed by atoms with E-state index in [9.17, 15) is 9.59 Å². The van der Waals surface area contributed by atoms with E-state index < -0.39 is 5.97 Å². The number of nitrogens with zero attached hydrogens (tertiary/aromatic N) is 1. The number of piperidine rings is 1. The summed E-state index contributed by atoms with van der Waals surface area (Å²) in [5.41, 5.74) is 6.86. The van der Waals surface area contributed by atoms with Gasteiger partial charge in [0.15, 0.2) is 5.78 Å². The normalized spacial score (nSPS) is 19.2. The molecule has 3 N–H and O–H groups in total. The van der Waals surface area contributed by atoms with Crippen molar-refractivity contribution < 1.29 is 14.7 Å². The molecule has 2 rings (SSSR count). The van der Waals surface area contributed by atoms with Gasteiger partial charge < -0.3 is 15.7 Å². The zero-order chi connectivity index (χ0) is 13.8. The maximum atomic E-state index is 11.4. The number of carboxylic acids is 1. The van der Waals surface area contributed by atoms with Crippen molar-refractivity contribution in [1.29, 1.82) is 0 Å². The predicted octanol–water partition coefficient (Wildman–Crippen LogP) is 1.13. The van der Waals surface area contributed by atoms with Crippen LogP contribution in [0.25, 0.3) is 0 Å². The van der Waals surface area contributed by atoms with Crippen LogP contribution in [0.5, 0.6) is 0 Å². The number of anilines is 1. The summed E-state index contributed by atoms with van der Waals surface area (Å²) in [7, 11) is 0. The van der Waals surface area contributed by atoms with E-state index >= 15 is 0 Å². The first-order valence-electron chi connectivity index (χ1n) is 6.43. The molecule has 5 nitrogen and oxygen atoms in total. The Morgan fingerprint density at radius 2 is 2.00 bits per heavy atom. The van der Waals surface area contributed by atoms with Crippen molar-refractivity contribution >= 4 is 17.4 Å². The molecule has 1 fully saturated rings. The summed E-state index contributed by atoms with van der Waals surface area (Å²) in [4.78, 5) is 24.5. The predicted molar refractivity (Wildman–Crippen MR) is 72.4 cm³/mol. The topological polar surface area (TPSA) is 83.6 Å². The molecule has 1 aromatic carbocycles. The first kappa shape index (κ1) is 13.5. The lowest BCUT2D eigenvalue weighted by Gasteiger charge is -2.32. The standard InChI is InChI=1S/C14H18N2O3/c15-8-13(17)10-3-5-12(6-4-10)16-7-1-2-11(9-16)14(18)19/h3-6,11H,1-2,7-9,15H2,(H,18,19). The lowest BCUT2D eigenvalue weighted by Crippen LogP contribution is -2.38. The van der Waals surface area contributed by atoms with Gasteiger partial charge in [-0.1, -0.05) is 0 Å². The first-order chi connectivity index (χ1) is 9.11. The van der Waals surface area contributed by atoms with Crippen LogP contribution >= 0.6 is 0 Å². The van der Waals surface area contributed by atoms with E-state index in [4.69, 9.17) is 10.8 Å². The molecule has 1 heterocycles. The largest absolute Gasteiger partial charge is 0.481 e. The minimum absolute atomic E-state index is 0.00412. The monoisotopic (exact) mass is 262 g/mol. The number of rotatable bonds is 4. The average molecular weight is 262 g/mol. The van der Waals surface area contributed by atoms with Gasteiger partial charge >= 0.3 is 5.97 Å². The highest BCUT2D eigenvalue weighted by Gasteiger charge is 2.25. The number of hydrogen-bond acceptors (Lipinski definition) is 4. The van der Waals surface area contributed by atoms with E-state index in [2.05, 4.69) is 4.90 Å². The molecule has 102 valence electrons.